The molecule has 2 heterocycles. The Hall–Kier alpha value is -2.78. The first-order valence-corrected chi connectivity index (χ1v) is 10.3. The van der Waals surface area contributed by atoms with Gasteiger partial charge in [0.1, 0.15) is 5.54 Å². The standard InChI is InChI=1S/C21H15ClF3N3O2S/c1-20(10-15-14-4-2-3-5-17(14)26-11-16(15)22)18(29)28(19(30)27-20)12-6-8-13(9-7-12)31-21(23,24)25/h2-9,11H,10H2,1H3,(H,27,30). The molecule has 1 saturated heterocycles. The molecule has 1 aliphatic heterocycles. The molecule has 1 aromatic heterocycles. The van der Waals surface area contributed by atoms with Gasteiger partial charge in [0.05, 0.1) is 16.2 Å². The van der Waals surface area contributed by atoms with E-state index in [0.717, 1.165) is 10.3 Å². The molecule has 0 spiro atoms. The van der Waals surface area contributed by atoms with Crippen LogP contribution in [0.25, 0.3) is 10.9 Å². The molecule has 5 nitrogen and oxygen atoms in total. The number of para-hydroxylation sites is 1. The van der Waals surface area contributed by atoms with E-state index in [9.17, 15) is 22.8 Å². The summed E-state index contributed by atoms with van der Waals surface area (Å²) in [7, 11) is 0. The quantitative estimate of drug-likeness (QED) is 0.405. The lowest BCUT2D eigenvalue weighted by atomic mass is 9.91. The number of urea groups is 1. The van der Waals surface area contributed by atoms with Crippen molar-refractivity contribution in [2.24, 2.45) is 0 Å². The zero-order chi connectivity index (χ0) is 22.4. The first-order valence-electron chi connectivity index (χ1n) is 9.12. The van der Waals surface area contributed by atoms with Gasteiger partial charge in [0, 0.05) is 22.9 Å². The third-order valence-corrected chi connectivity index (χ3v) is 6.02. The molecular formula is C21H15ClF3N3O2S. The van der Waals surface area contributed by atoms with E-state index in [-0.39, 0.29) is 28.8 Å². The molecule has 160 valence electrons. The van der Waals surface area contributed by atoms with Gasteiger partial charge in [0.2, 0.25) is 0 Å². The summed E-state index contributed by atoms with van der Waals surface area (Å²) in [5.41, 5.74) is -4.15. The van der Waals surface area contributed by atoms with Crippen LogP contribution in [0.5, 0.6) is 0 Å². The Balaban J connectivity index is 1.63. The smallest absolute Gasteiger partial charge is 0.323 e. The molecular weight excluding hydrogens is 451 g/mol. The number of rotatable bonds is 4. The summed E-state index contributed by atoms with van der Waals surface area (Å²) in [6, 6.07) is 11.7. The highest BCUT2D eigenvalue weighted by atomic mass is 35.5. The number of amides is 3. The van der Waals surface area contributed by atoms with Crippen molar-refractivity contribution in [3.63, 3.8) is 0 Å². The molecule has 4 rings (SSSR count). The Morgan fingerprint density at radius 2 is 1.81 bits per heavy atom. The SMILES string of the molecule is CC1(Cc2c(Cl)cnc3ccccc23)NC(=O)N(c2ccc(SC(F)(F)F)cc2)C1=O. The number of nitrogens with zero attached hydrogens (tertiary/aromatic N) is 2. The number of aromatic nitrogens is 1. The number of thioether (sulfide) groups is 1. The van der Waals surface area contributed by atoms with Crippen LogP contribution in [0.4, 0.5) is 23.7 Å². The average molecular weight is 466 g/mol. The number of fused-ring (bicyclic) bond motifs is 1. The monoisotopic (exact) mass is 465 g/mol. The maximum Gasteiger partial charge on any atom is 0.446 e. The number of alkyl halides is 3. The highest BCUT2D eigenvalue weighted by molar-refractivity contribution is 8.00. The van der Waals surface area contributed by atoms with Gasteiger partial charge < -0.3 is 5.32 Å². The van der Waals surface area contributed by atoms with E-state index in [2.05, 4.69) is 10.3 Å². The van der Waals surface area contributed by atoms with Gasteiger partial charge in [0.15, 0.2) is 0 Å². The Kier molecular flexibility index (Phi) is 5.35. The normalized spacial score (nSPS) is 19.2. The number of nitrogens with one attached hydrogen (secondary N) is 1. The van der Waals surface area contributed by atoms with E-state index in [1.165, 1.54) is 30.5 Å². The van der Waals surface area contributed by atoms with Crippen LogP contribution < -0.4 is 10.2 Å². The number of halogens is 4. The summed E-state index contributed by atoms with van der Waals surface area (Å²) in [5.74, 6) is -0.523. The lowest BCUT2D eigenvalue weighted by Crippen LogP contribution is -2.46. The van der Waals surface area contributed by atoms with E-state index in [4.69, 9.17) is 11.6 Å². The molecule has 1 atom stereocenters. The minimum Gasteiger partial charge on any atom is -0.323 e. The van der Waals surface area contributed by atoms with Crippen LogP contribution in [0.1, 0.15) is 12.5 Å². The topological polar surface area (TPSA) is 62.3 Å². The van der Waals surface area contributed by atoms with Crippen LogP contribution in [0.2, 0.25) is 5.02 Å². The number of hydrogen-bond acceptors (Lipinski definition) is 4. The zero-order valence-corrected chi connectivity index (χ0v) is 17.6. The first-order chi connectivity index (χ1) is 14.6. The van der Waals surface area contributed by atoms with Gasteiger partial charge in [-0.15, -0.1) is 0 Å². The van der Waals surface area contributed by atoms with Gasteiger partial charge in [0.25, 0.3) is 5.91 Å². The third-order valence-electron chi connectivity index (χ3n) is 4.95. The highest BCUT2D eigenvalue weighted by Gasteiger charge is 2.49. The van der Waals surface area contributed by atoms with Crippen LogP contribution >= 0.6 is 23.4 Å². The lowest BCUT2D eigenvalue weighted by Gasteiger charge is -2.23. The third kappa shape index (κ3) is 4.20. The van der Waals surface area contributed by atoms with Crippen molar-refractivity contribution in [3.05, 3.63) is 65.3 Å². The van der Waals surface area contributed by atoms with Crippen molar-refractivity contribution in [1.82, 2.24) is 10.3 Å². The summed E-state index contributed by atoms with van der Waals surface area (Å²) >= 11 is 6.09. The van der Waals surface area contributed by atoms with Gasteiger partial charge >= 0.3 is 11.5 Å². The maximum atomic E-state index is 13.2. The maximum absolute atomic E-state index is 13.2. The van der Waals surface area contributed by atoms with Crippen molar-refractivity contribution < 1.29 is 22.8 Å². The second-order valence-electron chi connectivity index (χ2n) is 7.22. The average Bonchev–Trinajstić information content (AvgIpc) is 2.92. The second kappa shape index (κ2) is 7.72. The summed E-state index contributed by atoms with van der Waals surface area (Å²) in [6.07, 6.45) is 1.62. The van der Waals surface area contributed by atoms with Crippen LogP contribution in [0.3, 0.4) is 0 Å². The number of carbonyl (C=O) groups excluding carboxylic acids is 2. The van der Waals surface area contributed by atoms with Gasteiger partial charge in [-0.1, -0.05) is 29.8 Å². The molecule has 0 aliphatic carbocycles. The number of pyridine rings is 1. The predicted octanol–water partition coefficient (Wildman–Crippen LogP) is 5.56. The minimum absolute atomic E-state index is 0.0406. The van der Waals surface area contributed by atoms with E-state index in [1.54, 1.807) is 6.92 Å². The van der Waals surface area contributed by atoms with Crippen LogP contribution in [0.15, 0.2) is 59.6 Å². The number of imide groups is 1. The minimum atomic E-state index is -4.42. The molecule has 1 unspecified atom stereocenters. The fraction of sp³-hybridized carbons (Fsp3) is 0.190. The summed E-state index contributed by atoms with van der Waals surface area (Å²) in [6.45, 7) is 1.59. The van der Waals surface area contributed by atoms with Gasteiger partial charge in [-0.05, 0) is 54.6 Å². The number of carbonyl (C=O) groups is 2. The van der Waals surface area contributed by atoms with Crippen molar-refractivity contribution in [2.45, 2.75) is 29.3 Å². The fourth-order valence-corrected chi connectivity index (χ4v) is 4.30. The molecule has 0 radical (unpaired) electrons. The summed E-state index contributed by atoms with van der Waals surface area (Å²) in [4.78, 5) is 31.0. The zero-order valence-electron chi connectivity index (χ0n) is 16.0. The van der Waals surface area contributed by atoms with Crippen LogP contribution in [-0.4, -0.2) is 28.0 Å². The molecule has 3 aromatic rings. The Morgan fingerprint density at radius 1 is 1.13 bits per heavy atom. The molecule has 1 aliphatic rings. The molecule has 1 fully saturated rings. The van der Waals surface area contributed by atoms with E-state index in [1.807, 2.05) is 24.3 Å². The molecule has 1 N–H and O–H groups in total. The fourth-order valence-electron chi connectivity index (χ4n) is 3.54. The molecule has 2 aromatic carbocycles. The number of benzene rings is 2. The Labute approximate surface area is 184 Å². The van der Waals surface area contributed by atoms with E-state index in [0.29, 0.717) is 16.1 Å². The first kappa shape index (κ1) is 21.5. The number of anilines is 1. The van der Waals surface area contributed by atoms with Crippen LogP contribution in [-0.2, 0) is 11.2 Å². The second-order valence-corrected chi connectivity index (χ2v) is 8.77. The predicted molar refractivity (Wildman–Crippen MR) is 113 cm³/mol. The van der Waals surface area contributed by atoms with Crippen molar-refractivity contribution >= 4 is 51.9 Å². The molecule has 31 heavy (non-hydrogen) atoms. The van der Waals surface area contributed by atoms with Gasteiger partial charge in [-0.25, -0.2) is 9.69 Å². The van der Waals surface area contributed by atoms with Crippen LogP contribution in [0, 0.1) is 0 Å². The van der Waals surface area contributed by atoms with E-state index < -0.39 is 23.0 Å². The highest BCUT2D eigenvalue weighted by Crippen LogP contribution is 2.38. The molecule has 10 heteroatoms. The molecule has 0 bridgehead atoms. The van der Waals surface area contributed by atoms with Crippen molar-refractivity contribution in [2.75, 3.05) is 4.90 Å². The van der Waals surface area contributed by atoms with Gasteiger partial charge in [-0.2, -0.15) is 13.2 Å². The van der Waals surface area contributed by atoms with Crippen molar-refractivity contribution in [1.29, 1.82) is 0 Å². The largest absolute Gasteiger partial charge is 0.446 e. The Bertz CT molecular complexity index is 1190. The summed E-state index contributed by atoms with van der Waals surface area (Å²) in [5, 5.41) is 3.83. The van der Waals surface area contributed by atoms with Gasteiger partial charge in [-0.3, -0.25) is 9.78 Å². The van der Waals surface area contributed by atoms with Crippen molar-refractivity contribution in [3.8, 4) is 0 Å². The summed E-state index contributed by atoms with van der Waals surface area (Å²) < 4.78 is 37.6. The lowest BCUT2D eigenvalue weighted by molar-refractivity contribution is -0.121. The Morgan fingerprint density at radius 3 is 2.48 bits per heavy atom. The number of hydrogen-bond donors (Lipinski definition) is 1. The van der Waals surface area contributed by atoms with E-state index >= 15 is 0 Å². The molecule has 0 saturated carbocycles. The molecule has 3 amide bonds.